The van der Waals surface area contributed by atoms with E-state index in [2.05, 4.69) is 10.6 Å². The van der Waals surface area contributed by atoms with Crippen molar-refractivity contribution in [3.63, 3.8) is 0 Å². The Morgan fingerprint density at radius 2 is 2.00 bits per heavy atom. The molecule has 0 bridgehead atoms. The molecule has 0 heterocycles. The van der Waals surface area contributed by atoms with Crippen LogP contribution in [0.3, 0.4) is 0 Å². The van der Waals surface area contributed by atoms with Gasteiger partial charge in [-0.25, -0.2) is 0 Å². The molecule has 1 aromatic carbocycles. The van der Waals surface area contributed by atoms with Gasteiger partial charge in [0.2, 0.25) is 5.91 Å². The Labute approximate surface area is 102 Å². The Morgan fingerprint density at radius 3 is 2.65 bits per heavy atom. The Hall–Kier alpha value is -1.55. The zero-order chi connectivity index (χ0) is 12.5. The summed E-state index contributed by atoms with van der Waals surface area (Å²) in [5.74, 6) is 0.889. The Kier molecular flexibility index (Phi) is 6.10. The van der Waals surface area contributed by atoms with Crippen LogP contribution >= 0.6 is 0 Å². The van der Waals surface area contributed by atoms with E-state index in [1.165, 1.54) is 5.56 Å². The van der Waals surface area contributed by atoms with Gasteiger partial charge in [-0.05, 0) is 32.5 Å². The standard InChI is InChI=1S/C13H20N2O2/c1-11-4-6-12(7-5-11)17-9-3-8-15-13(16)10-14-2/h4-7,14H,3,8-10H2,1-2H3,(H,15,16). The minimum atomic E-state index is 0.0165. The molecule has 17 heavy (non-hydrogen) atoms. The highest BCUT2D eigenvalue weighted by Crippen LogP contribution is 2.11. The minimum Gasteiger partial charge on any atom is -0.494 e. The lowest BCUT2D eigenvalue weighted by Crippen LogP contribution is -2.33. The first-order valence-corrected chi connectivity index (χ1v) is 5.83. The summed E-state index contributed by atoms with van der Waals surface area (Å²) in [6.07, 6.45) is 0.809. The molecule has 1 rings (SSSR count). The molecule has 94 valence electrons. The van der Waals surface area contributed by atoms with Crippen molar-refractivity contribution in [3.8, 4) is 5.75 Å². The van der Waals surface area contributed by atoms with E-state index < -0.39 is 0 Å². The van der Waals surface area contributed by atoms with E-state index in [1.807, 2.05) is 31.2 Å². The van der Waals surface area contributed by atoms with Crippen molar-refractivity contribution in [1.29, 1.82) is 0 Å². The lowest BCUT2D eigenvalue weighted by atomic mass is 10.2. The van der Waals surface area contributed by atoms with Crippen molar-refractivity contribution in [2.75, 3.05) is 26.7 Å². The lowest BCUT2D eigenvalue weighted by Gasteiger charge is -2.07. The predicted molar refractivity (Wildman–Crippen MR) is 68.2 cm³/mol. The number of rotatable bonds is 7. The van der Waals surface area contributed by atoms with E-state index in [4.69, 9.17) is 4.74 Å². The van der Waals surface area contributed by atoms with Crippen molar-refractivity contribution in [1.82, 2.24) is 10.6 Å². The molecule has 0 saturated carbocycles. The molecular weight excluding hydrogens is 216 g/mol. The molecule has 0 aliphatic rings. The van der Waals surface area contributed by atoms with Gasteiger partial charge in [0.1, 0.15) is 5.75 Å². The van der Waals surface area contributed by atoms with Crippen molar-refractivity contribution >= 4 is 5.91 Å². The number of hydrogen-bond acceptors (Lipinski definition) is 3. The number of aryl methyl sites for hydroxylation is 1. The lowest BCUT2D eigenvalue weighted by molar-refractivity contribution is -0.120. The number of ether oxygens (including phenoxy) is 1. The largest absolute Gasteiger partial charge is 0.494 e. The van der Waals surface area contributed by atoms with Crippen LogP contribution in [0.4, 0.5) is 0 Å². The summed E-state index contributed by atoms with van der Waals surface area (Å²) in [5.41, 5.74) is 1.22. The molecular formula is C13H20N2O2. The predicted octanol–water partition coefficient (Wildman–Crippen LogP) is 1.10. The third-order valence-corrected chi connectivity index (χ3v) is 2.27. The fraction of sp³-hybridized carbons (Fsp3) is 0.462. The summed E-state index contributed by atoms with van der Waals surface area (Å²) in [4.78, 5) is 11.1. The third kappa shape index (κ3) is 5.92. The van der Waals surface area contributed by atoms with Crippen molar-refractivity contribution in [2.45, 2.75) is 13.3 Å². The Bertz CT molecular complexity index is 336. The highest BCUT2D eigenvalue weighted by Gasteiger charge is 1.97. The number of amides is 1. The van der Waals surface area contributed by atoms with Gasteiger partial charge < -0.3 is 15.4 Å². The molecule has 0 unspecified atom stereocenters. The van der Waals surface area contributed by atoms with Crippen LogP contribution in [0.25, 0.3) is 0 Å². The number of hydrogen-bond donors (Lipinski definition) is 2. The van der Waals surface area contributed by atoms with Gasteiger partial charge in [0.25, 0.3) is 0 Å². The van der Waals surface area contributed by atoms with Gasteiger partial charge in [-0.3, -0.25) is 4.79 Å². The van der Waals surface area contributed by atoms with E-state index in [0.29, 0.717) is 19.7 Å². The van der Waals surface area contributed by atoms with Crippen LogP contribution in [0.5, 0.6) is 5.75 Å². The van der Waals surface area contributed by atoms with Crippen molar-refractivity contribution < 1.29 is 9.53 Å². The van der Waals surface area contributed by atoms with Gasteiger partial charge in [-0.15, -0.1) is 0 Å². The third-order valence-electron chi connectivity index (χ3n) is 2.27. The normalized spacial score (nSPS) is 10.0. The molecule has 0 saturated heterocycles. The van der Waals surface area contributed by atoms with Gasteiger partial charge in [0.15, 0.2) is 0 Å². The van der Waals surface area contributed by atoms with Gasteiger partial charge in [-0.1, -0.05) is 17.7 Å². The van der Waals surface area contributed by atoms with Crippen LogP contribution in [-0.4, -0.2) is 32.7 Å². The monoisotopic (exact) mass is 236 g/mol. The van der Waals surface area contributed by atoms with Crippen LogP contribution < -0.4 is 15.4 Å². The van der Waals surface area contributed by atoms with Crippen LogP contribution in [0.15, 0.2) is 24.3 Å². The van der Waals surface area contributed by atoms with Crippen molar-refractivity contribution in [2.24, 2.45) is 0 Å². The number of nitrogens with one attached hydrogen (secondary N) is 2. The average molecular weight is 236 g/mol. The fourth-order valence-electron chi connectivity index (χ4n) is 1.35. The number of carbonyl (C=O) groups is 1. The molecule has 0 spiro atoms. The molecule has 4 heteroatoms. The molecule has 2 N–H and O–H groups in total. The molecule has 0 fully saturated rings. The van der Waals surface area contributed by atoms with Crippen LogP contribution in [-0.2, 0) is 4.79 Å². The second-order valence-corrected chi connectivity index (χ2v) is 3.90. The summed E-state index contributed by atoms with van der Waals surface area (Å²) in [7, 11) is 1.75. The van der Waals surface area contributed by atoms with Gasteiger partial charge in [0.05, 0.1) is 13.2 Å². The Morgan fingerprint density at radius 1 is 1.29 bits per heavy atom. The number of benzene rings is 1. The van der Waals surface area contributed by atoms with Crippen LogP contribution in [0, 0.1) is 6.92 Å². The SMILES string of the molecule is CNCC(=O)NCCCOc1ccc(C)cc1. The minimum absolute atomic E-state index is 0.0165. The van der Waals surface area contributed by atoms with Crippen LogP contribution in [0.2, 0.25) is 0 Å². The summed E-state index contributed by atoms with van der Waals surface area (Å²) in [6.45, 7) is 3.66. The first-order chi connectivity index (χ1) is 8.22. The van der Waals surface area contributed by atoms with Crippen molar-refractivity contribution in [3.05, 3.63) is 29.8 Å². The average Bonchev–Trinajstić information content (AvgIpc) is 2.31. The maximum absolute atomic E-state index is 11.1. The summed E-state index contributed by atoms with van der Waals surface area (Å²) < 4.78 is 5.54. The molecule has 4 nitrogen and oxygen atoms in total. The van der Waals surface area contributed by atoms with E-state index in [-0.39, 0.29) is 5.91 Å². The van der Waals surface area contributed by atoms with Crippen LogP contribution in [0.1, 0.15) is 12.0 Å². The first-order valence-electron chi connectivity index (χ1n) is 5.83. The smallest absolute Gasteiger partial charge is 0.233 e. The highest BCUT2D eigenvalue weighted by molar-refractivity contribution is 5.77. The van der Waals surface area contributed by atoms with E-state index in [9.17, 15) is 4.79 Å². The van der Waals surface area contributed by atoms with E-state index >= 15 is 0 Å². The summed E-state index contributed by atoms with van der Waals surface area (Å²) >= 11 is 0. The van der Waals surface area contributed by atoms with E-state index in [0.717, 1.165) is 12.2 Å². The second-order valence-electron chi connectivity index (χ2n) is 3.90. The maximum atomic E-state index is 11.1. The second kappa shape index (κ2) is 7.68. The number of likely N-dealkylation sites (N-methyl/N-ethyl adjacent to an activating group) is 1. The van der Waals surface area contributed by atoms with E-state index in [1.54, 1.807) is 7.05 Å². The fourth-order valence-corrected chi connectivity index (χ4v) is 1.35. The molecule has 0 aliphatic carbocycles. The summed E-state index contributed by atoms with van der Waals surface area (Å²) in [5, 5.41) is 5.59. The van der Waals surface area contributed by atoms with Gasteiger partial charge in [-0.2, -0.15) is 0 Å². The first kappa shape index (κ1) is 13.5. The zero-order valence-corrected chi connectivity index (χ0v) is 10.5. The summed E-state index contributed by atoms with van der Waals surface area (Å²) in [6, 6.07) is 7.94. The van der Waals surface area contributed by atoms with Gasteiger partial charge >= 0.3 is 0 Å². The quantitative estimate of drug-likeness (QED) is 0.697. The highest BCUT2D eigenvalue weighted by atomic mass is 16.5. The topological polar surface area (TPSA) is 50.4 Å². The molecule has 0 radical (unpaired) electrons. The number of carbonyl (C=O) groups excluding carboxylic acids is 1. The van der Waals surface area contributed by atoms with Gasteiger partial charge in [0, 0.05) is 6.54 Å². The molecule has 1 aromatic rings. The maximum Gasteiger partial charge on any atom is 0.233 e. The molecule has 0 atom stereocenters. The molecule has 0 aromatic heterocycles. The molecule has 0 aliphatic heterocycles. The molecule has 1 amide bonds. The Balaban J connectivity index is 2.08. The zero-order valence-electron chi connectivity index (χ0n) is 10.5.